The second-order valence-corrected chi connectivity index (χ2v) is 6.88. The van der Waals surface area contributed by atoms with Gasteiger partial charge in [-0.25, -0.2) is 13.4 Å². The summed E-state index contributed by atoms with van der Waals surface area (Å²) in [4.78, 5) is 4.36. The predicted octanol–water partition coefficient (Wildman–Crippen LogP) is 1.77. The van der Waals surface area contributed by atoms with Crippen molar-refractivity contribution in [3.8, 4) is 0 Å². The van der Waals surface area contributed by atoms with Crippen LogP contribution in [0.3, 0.4) is 0 Å². The van der Waals surface area contributed by atoms with Gasteiger partial charge in [0.1, 0.15) is 5.82 Å². The van der Waals surface area contributed by atoms with Crippen molar-refractivity contribution < 1.29 is 8.42 Å². The van der Waals surface area contributed by atoms with Crippen LogP contribution in [0.2, 0.25) is 0 Å². The van der Waals surface area contributed by atoms with Crippen molar-refractivity contribution in [2.75, 3.05) is 17.6 Å². The average Bonchev–Trinajstić information content (AvgIpc) is 2.14. The standard InChI is InChI=1S/C11H18N2O2S/c1-11(2,3)9-7-6-8-10(12-9)13(4)16(5,14)15/h6-8H,1-5H3. The Morgan fingerprint density at radius 1 is 1.25 bits per heavy atom. The Morgan fingerprint density at radius 2 is 1.81 bits per heavy atom. The number of sulfonamides is 1. The van der Waals surface area contributed by atoms with Crippen molar-refractivity contribution >= 4 is 15.8 Å². The fourth-order valence-electron chi connectivity index (χ4n) is 1.19. The van der Waals surface area contributed by atoms with Gasteiger partial charge >= 0.3 is 0 Å². The summed E-state index contributed by atoms with van der Waals surface area (Å²) in [5.74, 6) is 0.454. The third kappa shape index (κ3) is 2.95. The molecule has 0 unspecified atom stereocenters. The van der Waals surface area contributed by atoms with Gasteiger partial charge in [0.05, 0.1) is 6.26 Å². The van der Waals surface area contributed by atoms with Crippen molar-refractivity contribution in [3.05, 3.63) is 23.9 Å². The Hall–Kier alpha value is -1.10. The van der Waals surface area contributed by atoms with E-state index >= 15 is 0 Å². The lowest BCUT2D eigenvalue weighted by molar-refractivity contribution is 0.568. The first-order valence-electron chi connectivity index (χ1n) is 5.04. The smallest absolute Gasteiger partial charge is 0.233 e. The molecule has 0 atom stereocenters. The fourth-order valence-corrected chi connectivity index (χ4v) is 1.63. The second kappa shape index (κ2) is 4.05. The molecule has 0 aliphatic heterocycles. The molecule has 1 aromatic rings. The van der Waals surface area contributed by atoms with Crippen LogP contribution in [0.25, 0.3) is 0 Å². The molecule has 0 saturated carbocycles. The maximum Gasteiger partial charge on any atom is 0.233 e. The Bertz CT molecular complexity index is 475. The zero-order valence-electron chi connectivity index (χ0n) is 10.4. The zero-order chi connectivity index (χ0) is 12.6. The first-order chi connectivity index (χ1) is 7.12. The number of pyridine rings is 1. The van der Waals surface area contributed by atoms with E-state index in [1.165, 1.54) is 17.6 Å². The van der Waals surface area contributed by atoms with Crippen molar-refractivity contribution in [2.45, 2.75) is 26.2 Å². The Morgan fingerprint density at radius 3 is 2.25 bits per heavy atom. The number of hydrogen-bond acceptors (Lipinski definition) is 3. The van der Waals surface area contributed by atoms with E-state index in [1.807, 2.05) is 32.9 Å². The number of rotatable bonds is 2. The zero-order valence-corrected chi connectivity index (χ0v) is 11.2. The summed E-state index contributed by atoms with van der Waals surface area (Å²) in [6, 6.07) is 5.42. The van der Waals surface area contributed by atoms with Crippen LogP contribution in [0, 0.1) is 0 Å². The normalized spacial score (nSPS) is 12.6. The topological polar surface area (TPSA) is 50.3 Å². The molecule has 0 aliphatic carbocycles. The number of anilines is 1. The van der Waals surface area contributed by atoms with Crippen LogP contribution in [0.5, 0.6) is 0 Å². The van der Waals surface area contributed by atoms with E-state index in [2.05, 4.69) is 4.98 Å². The molecule has 5 heteroatoms. The highest BCUT2D eigenvalue weighted by molar-refractivity contribution is 7.92. The van der Waals surface area contributed by atoms with Crippen LogP contribution in [0.15, 0.2) is 18.2 Å². The van der Waals surface area contributed by atoms with E-state index in [-0.39, 0.29) is 5.41 Å². The van der Waals surface area contributed by atoms with Gasteiger partial charge in [-0.1, -0.05) is 26.8 Å². The van der Waals surface area contributed by atoms with Gasteiger partial charge in [-0.15, -0.1) is 0 Å². The Labute approximate surface area is 97.4 Å². The van der Waals surface area contributed by atoms with Gasteiger partial charge < -0.3 is 0 Å². The summed E-state index contributed by atoms with van der Waals surface area (Å²) in [5.41, 5.74) is 0.787. The molecule has 1 aromatic heterocycles. The summed E-state index contributed by atoms with van der Waals surface area (Å²) in [5, 5.41) is 0. The van der Waals surface area contributed by atoms with Crippen LogP contribution in [0.1, 0.15) is 26.5 Å². The molecule has 4 nitrogen and oxygen atoms in total. The van der Waals surface area contributed by atoms with Gasteiger partial charge in [0.2, 0.25) is 10.0 Å². The summed E-state index contributed by atoms with van der Waals surface area (Å²) in [6.07, 6.45) is 1.17. The molecular formula is C11H18N2O2S. The molecule has 0 spiro atoms. The van der Waals surface area contributed by atoms with Gasteiger partial charge in [-0.3, -0.25) is 4.31 Å². The molecule has 0 aliphatic rings. The molecule has 0 radical (unpaired) electrons. The monoisotopic (exact) mass is 242 g/mol. The highest BCUT2D eigenvalue weighted by Crippen LogP contribution is 2.22. The van der Waals surface area contributed by atoms with Crippen LogP contribution < -0.4 is 4.31 Å². The van der Waals surface area contributed by atoms with E-state index in [4.69, 9.17) is 0 Å². The first-order valence-corrected chi connectivity index (χ1v) is 6.88. The van der Waals surface area contributed by atoms with Gasteiger partial charge in [0.15, 0.2) is 0 Å². The molecule has 0 fully saturated rings. The highest BCUT2D eigenvalue weighted by atomic mass is 32.2. The van der Waals surface area contributed by atoms with Crippen LogP contribution >= 0.6 is 0 Å². The lowest BCUT2D eigenvalue weighted by Crippen LogP contribution is -2.26. The molecule has 0 N–H and O–H groups in total. The van der Waals surface area contributed by atoms with E-state index in [0.717, 1.165) is 5.69 Å². The van der Waals surface area contributed by atoms with Gasteiger partial charge in [0.25, 0.3) is 0 Å². The van der Waals surface area contributed by atoms with Crippen molar-refractivity contribution in [1.29, 1.82) is 0 Å². The maximum absolute atomic E-state index is 11.4. The molecule has 90 valence electrons. The molecule has 0 saturated heterocycles. The third-order valence-electron chi connectivity index (χ3n) is 2.32. The molecule has 1 rings (SSSR count). The summed E-state index contributed by atoms with van der Waals surface area (Å²) in [6.45, 7) is 6.12. The lowest BCUT2D eigenvalue weighted by atomic mass is 9.92. The largest absolute Gasteiger partial charge is 0.257 e. The summed E-state index contributed by atoms with van der Waals surface area (Å²) >= 11 is 0. The van der Waals surface area contributed by atoms with Crippen LogP contribution in [-0.2, 0) is 15.4 Å². The van der Waals surface area contributed by atoms with E-state index < -0.39 is 10.0 Å². The predicted molar refractivity (Wildman–Crippen MR) is 66.2 cm³/mol. The van der Waals surface area contributed by atoms with Crippen molar-refractivity contribution in [1.82, 2.24) is 4.98 Å². The highest BCUT2D eigenvalue weighted by Gasteiger charge is 2.18. The molecule has 0 bridgehead atoms. The number of aromatic nitrogens is 1. The van der Waals surface area contributed by atoms with Crippen LogP contribution in [-0.4, -0.2) is 26.7 Å². The molecular weight excluding hydrogens is 224 g/mol. The minimum Gasteiger partial charge on any atom is -0.257 e. The molecule has 0 aromatic carbocycles. The van der Waals surface area contributed by atoms with Gasteiger partial charge in [-0.2, -0.15) is 0 Å². The minimum atomic E-state index is -3.25. The van der Waals surface area contributed by atoms with Gasteiger partial charge in [0, 0.05) is 18.2 Å². The van der Waals surface area contributed by atoms with E-state index in [1.54, 1.807) is 6.07 Å². The summed E-state index contributed by atoms with van der Waals surface area (Å²) < 4.78 is 23.9. The Kier molecular flexibility index (Phi) is 3.28. The van der Waals surface area contributed by atoms with Gasteiger partial charge in [-0.05, 0) is 12.1 Å². The van der Waals surface area contributed by atoms with Crippen molar-refractivity contribution in [2.24, 2.45) is 0 Å². The van der Waals surface area contributed by atoms with E-state index in [9.17, 15) is 8.42 Å². The second-order valence-electron chi connectivity index (χ2n) is 4.86. The maximum atomic E-state index is 11.4. The summed E-state index contributed by atoms with van der Waals surface area (Å²) in [7, 11) is -1.74. The third-order valence-corrected chi connectivity index (χ3v) is 3.50. The molecule has 16 heavy (non-hydrogen) atoms. The number of nitrogens with zero attached hydrogens (tertiary/aromatic N) is 2. The van der Waals surface area contributed by atoms with E-state index in [0.29, 0.717) is 5.82 Å². The minimum absolute atomic E-state index is 0.0889. The lowest BCUT2D eigenvalue weighted by Gasteiger charge is -2.21. The average molecular weight is 242 g/mol. The quantitative estimate of drug-likeness (QED) is 0.794. The SMILES string of the molecule is CN(c1cccc(C(C)(C)C)n1)S(C)(=O)=O. The Balaban J connectivity index is 3.19. The van der Waals surface area contributed by atoms with Crippen LogP contribution in [0.4, 0.5) is 5.82 Å². The fraction of sp³-hybridized carbons (Fsp3) is 0.545. The molecule has 1 heterocycles. The first kappa shape index (κ1) is 13.0. The number of hydrogen-bond donors (Lipinski definition) is 0. The van der Waals surface area contributed by atoms with Crippen molar-refractivity contribution in [3.63, 3.8) is 0 Å². The molecule has 0 amide bonds.